The number of aromatic amines is 1. The van der Waals surface area contributed by atoms with Crippen LogP contribution >= 0.6 is 0 Å². The first kappa shape index (κ1) is 18.5. The molecule has 3 rings (SSSR count). The molecule has 1 unspecified atom stereocenters. The number of fused-ring (bicyclic) bond motifs is 1. The molecule has 8 heteroatoms. The van der Waals surface area contributed by atoms with Crippen LogP contribution in [0.15, 0.2) is 47.4 Å². The van der Waals surface area contributed by atoms with Crippen LogP contribution in [-0.2, 0) is 0 Å². The van der Waals surface area contributed by atoms with Crippen LogP contribution in [-0.4, -0.2) is 23.0 Å². The molecule has 3 aromatic rings. The zero-order chi connectivity index (χ0) is 19.7. The van der Waals surface area contributed by atoms with Gasteiger partial charge in [-0.3, -0.25) is 4.79 Å². The van der Waals surface area contributed by atoms with Gasteiger partial charge in [-0.2, -0.15) is 0 Å². The lowest BCUT2D eigenvalue weighted by Gasteiger charge is -2.26. The smallest absolute Gasteiger partial charge is 0.322 e. The van der Waals surface area contributed by atoms with Crippen molar-refractivity contribution in [1.29, 1.82) is 0 Å². The van der Waals surface area contributed by atoms with Gasteiger partial charge < -0.3 is 15.2 Å². The number of aromatic nitrogens is 1. The standard InChI is InChI=1S/C19H16F3N3O2/c1-10(25(2)19(27)24-17-6-4-3-5-14(17)20)13-9-23-18(26)12-8-16(22)15(21)7-11(12)13/h3-10H,1-2H3,(H,23,26)(H,24,27). The maximum absolute atomic E-state index is 13.7. The van der Waals surface area contributed by atoms with Crippen molar-refractivity contribution in [1.82, 2.24) is 9.88 Å². The Hall–Kier alpha value is -3.29. The van der Waals surface area contributed by atoms with E-state index in [9.17, 15) is 22.8 Å². The number of carbonyl (C=O) groups is 1. The fourth-order valence-corrected chi connectivity index (χ4v) is 2.77. The molecule has 1 heterocycles. The SMILES string of the molecule is CC(c1c[nH]c(=O)c2cc(F)c(F)cc12)N(C)C(=O)Nc1ccccc1F. The molecule has 1 atom stereocenters. The molecule has 0 radical (unpaired) electrons. The summed E-state index contributed by atoms with van der Waals surface area (Å²) in [5, 5.41) is 2.61. The van der Waals surface area contributed by atoms with Crippen molar-refractivity contribution in [3.8, 4) is 0 Å². The van der Waals surface area contributed by atoms with E-state index >= 15 is 0 Å². The van der Waals surface area contributed by atoms with Gasteiger partial charge in [-0.05, 0) is 42.1 Å². The van der Waals surface area contributed by atoms with E-state index in [1.54, 1.807) is 13.0 Å². The number of hydrogen-bond donors (Lipinski definition) is 2. The molecule has 1 aromatic heterocycles. The van der Waals surface area contributed by atoms with E-state index in [4.69, 9.17) is 0 Å². The molecule has 2 N–H and O–H groups in total. The number of nitrogens with zero attached hydrogens (tertiary/aromatic N) is 1. The van der Waals surface area contributed by atoms with E-state index < -0.39 is 35.1 Å². The summed E-state index contributed by atoms with van der Waals surface area (Å²) in [5.74, 6) is -2.82. The van der Waals surface area contributed by atoms with E-state index in [-0.39, 0.29) is 16.5 Å². The first-order valence-corrected chi connectivity index (χ1v) is 8.08. The summed E-state index contributed by atoms with van der Waals surface area (Å²) < 4.78 is 40.9. The van der Waals surface area contributed by atoms with Crippen LogP contribution < -0.4 is 10.9 Å². The third kappa shape index (κ3) is 3.51. The molecule has 0 aliphatic carbocycles. The number of para-hydroxylation sites is 1. The quantitative estimate of drug-likeness (QED) is 0.722. The van der Waals surface area contributed by atoms with Gasteiger partial charge in [0, 0.05) is 13.2 Å². The van der Waals surface area contributed by atoms with Gasteiger partial charge in [0.05, 0.1) is 17.1 Å². The fourth-order valence-electron chi connectivity index (χ4n) is 2.77. The Morgan fingerprint density at radius 1 is 1.07 bits per heavy atom. The van der Waals surface area contributed by atoms with Crippen LogP contribution in [0.25, 0.3) is 10.8 Å². The number of anilines is 1. The average Bonchev–Trinajstić information content (AvgIpc) is 2.64. The van der Waals surface area contributed by atoms with Crippen molar-refractivity contribution in [3.63, 3.8) is 0 Å². The van der Waals surface area contributed by atoms with Crippen molar-refractivity contribution >= 4 is 22.5 Å². The van der Waals surface area contributed by atoms with E-state index in [1.165, 1.54) is 36.3 Å². The molecule has 27 heavy (non-hydrogen) atoms. The summed E-state index contributed by atoms with van der Waals surface area (Å²) in [6.07, 6.45) is 1.35. The topological polar surface area (TPSA) is 65.2 Å². The van der Waals surface area contributed by atoms with Gasteiger partial charge in [-0.15, -0.1) is 0 Å². The van der Waals surface area contributed by atoms with Crippen LogP contribution in [0.1, 0.15) is 18.5 Å². The summed E-state index contributed by atoms with van der Waals surface area (Å²) in [7, 11) is 1.47. The Balaban J connectivity index is 1.95. The molecule has 0 bridgehead atoms. The first-order chi connectivity index (χ1) is 12.8. The Bertz CT molecular complexity index is 1080. The number of carbonyl (C=O) groups excluding carboxylic acids is 1. The highest BCUT2D eigenvalue weighted by Crippen LogP contribution is 2.27. The van der Waals surface area contributed by atoms with Gasteiger partial charge in [0.15, 0.2) is 11.6 Å². The van der Waals surface area contributed by atoms with Crippen molar-refractivity contribution in [2.24, 2.45) is 0 Å². The van der Waals surface area contributed by atoms with Gasteiger partial charge >= 0.3 is 6.03 Å². The summed E-state index contributed by atoms with van der Waals surface area (Å²) >= 11 is 0. The Kier molecular flexibility index (Phi) is 4.89. The monoisotopic (exact) mass is 375 g/mol. The lowest BCUT2D eigenvalue weighted by atomic mass is 10.0. The fraction of sp³-hybridized carbons (Fsp3) is 0.158. The van der Waals surface area contributed by atoms with E-state index in [2.05, 4.69) is 10.3 Å². The molecule has 0 fully saturated rings. The summed E-state index contributed by atoms with van der Waals surface area (Å²) in [4.78, 5) is 28.1. The molecule has 0 saturated carbocycles. The van der Waals surface area contributed by atoms with Crippen molar-refractivity contribution in [3.05, 3.63) is 76.0 Å². The van der Waals surface area contributed by atoms with Crippen molar-refractivity contribution in [2.75, 3.05) is 12.4 Å². The van der Waals surface area contributed by atoms with Crippen LogP contribution in [0.5, 0.6) is 0 Å². The molecule has 2 amide bonds. The lowest BCUT2D eigenvalue weighted by molar-refractivity contribution is 0.208. The third-order valence-electron chi connectivity index (χ3n) is 4.44. The van der Waals surface area contributed by atoms with Crippen LogP contribution in [0, 0.1) is 17.5 Å². The minimum absolute atomic E-state index is 0.0148. The summed E-state index contributed by atoms with van der Waals surface area (Å²) in [6.45, 7) is 1.65. The molecule has 2 aromatic carbocycles. The minimum Gasteiger partial charge on any atom is -0.328 e. The van der Waals surface area contributed by atoms with Crippen molar-refractivity contribution < 1.29 is 18.0 Å². The van der Waals surface area contributed by atoms with Gasteiger partial charge in [-0.25, -0.2) is 18.0 Å². The zero-order valence-electron chi connectivity index (χ0n) is 14.5. The average molecular weight is 375 g/mol. The Labute approximate surface area is 152 Å². The summed E-state index contributed by atoms with van der Waals surface area (Å²) in [5.41, 5.74) is -0.144. The highest BCUT2D eigenvalue weighted by Gasteiger charge is 2.22. The molecule has 0 aliphatic heterocycles. The maximum Gasteiger partial charge on any atom is 0.322 e. The van der Waals surface area contributed by atoms with E-state index in [0.717, 1.165) is 12.1 Å². The minimum atomic E-state index is -1.14. The van der Waals surface area contributed by atoms with Crippen LogP contribution in [0.3, 0.4) is 0 Å². The predicted octanol–water partition coefficient (Wildman–Crippen LogP) is 4.17. The zero-order valence-corrected chi connectivity index (χ0v) is 14.5. The highest BCUT2D eigenvalue weighted by molar-refractivity contribution is 5.90. The normalized spacial score (nSPS) is 12.0. The third-order valence-corrected chi connectivity index (χ3v) is 4.44. The second kappa shape index (κ2) is 7.14. The number of benzene rings is 2. The first-order valence-electron chi connectivity index (χ1n) is 8.08. The number of rotatable bonds is 3. The number of urea groups is 1. The maximum atomic E-state index is 13.7. The molecule has 0 aliphatic rings. The highest BCUT2D eigenvalue weighted by atomic mass is 19.2. The second-order valence-corrected chi connectivity index (χ2v) is 6.08. The lowest BCUT2D eigenvalue weighted by Crippen LogP contribution is -2.34. The number of pyridine rings is 1. The van der Waals surface area contributed by atoms with Gasteiger partial charge in [-0.1, -0.05) is 12.1 Å². The van der Waals surface area contributed by atoms with E-state index in [1.807, 2.05) is 0 Å². The summed E-state index contributed by atoms with van der Waals surface area (Å²) in [6, 6.07) is 6.22. The number of hydrogen-bond acceptors (Lipinski definition) is 2. The predicted molar refractivity (Wildman–Crippen MR) is 96.1 cm³/mol. The molecule has 0 spiro atoms. The number of H-pyrrole nitrogens is 1. The molecule has 0 saturated heterocycles. The van der Waals surface area contributed by atoms with Crippen LogP contribution in [0.2, 0.25) is 0 Å². The van der Waals surface area contributed by atoms with Crippen molar-refractivity contribution in [2.45, 2.75) is 13.0 Å². The van der Waals surface area contributed by atoms with Crippen LogP contribution in [0.4, 0.5) is 23.7 Å². The molecule has 5 nitrogen and oxygen atoms in total. The molecular formula is C19H16F3N3O2. The Morgan fingerprint density at radius 2 is 1.70 bits per heavy atom. The largest absolute Gasteiger partial charge is 0.328 e. The number of amides is 2. The molecule has 140 valence electrons. The number of halogens is 3. The number of nitrogens with one attached hydrogen (secondary N) is 2. The van der Waals surface area contributed by atoms with Gasteiger partial charge in [0.2, 0.25) is 0 Å². The molecular weight excluding hydrogens is 359 g/mol. The second-order valence-electron chi connectivity index (χ2n) is 6.08. The Morgan fingerprint density at radius 3 is 2.37 bits per heavy atom. The van der Waals surface area contributed by atoms with E-state index in [0.29, 0.717) is 5.56 Å². The van der Waals surface area contributed by atoms with Gasteiger partial charge in [0.1, 0.15) is 5.82 Å². The van der Waals surface area contributed by atoms with Gasteiger partial charge in [0.25, 0.3) is 5.56 Å².